The number of ether oxygens (including phenoxy) is 4. The number of amides is 4. The van der Waals surface area contributed by atoms with Crippen LogP contribution >= 0.6 is 0 Å². The van der Waals surface area contributed by atoms with Gasteiger partial charge in [0.2, 0.25) is 17.7 Å². The number of nitrogens with one attached hydrogen (secondary N) is 5. The maximum atomic E-state index is 14.4. The quantitative estimate of drug-likeness (QED) is 0.0651. The zero-order valence-corrected chi connectivity index (χ0v) is 35.4. The largest absolute Gasteiger partial charge is 0.497 e. The highest BCUT2D eigenvalue weighted by Gasteiger charge is 2.38. The summed E-state index contributed by atoms with van der Waals surface area (Å²) in [5, 5.41) is 26.8. The van der Waals surface area contributed by atoms with E-state index in [0.717, 1.165) is 16.7 Å². The maximum Gasteiger partial charge on any atom is 0.408 e. The highest BCUT2D eigenvalue weighted by Crippen LogP contribution is 2.24. The molecule has 6 N–H and O–H groups in total. The fraction of sp³-hybridized carbons (Fsp3) is 0.391. The smallest absolute Gasteiger partial charge is 0.408 e. The van der Waals surface area contributed by atoms with E-state index >= 15 is 0 Å². The van der Waals surface area contributed by atoms with Crippen molar-refractivity contribution in [3.8, 4) is 17.2 Å². The lowest BCUT2D eigenvalue weighted by Crippen LogP contribution is -2.63. The van der Waals surface area contributed by atoms with E-state index in [1.54, 1.807) is 72.2 Å². The standard InChI is InChI=1S/C46H59N5O9/c1-29(2)39(43(53)48-27-34-20-23-36(58-6)25-38(34)59-7)50-45(55)41(47-26-32-18-21-35(57-5)22-19-32)42(52)37(24-31-14-10-8-11-15-31)49-44(54)40(30(3)4)51-46(56)60-28-33-16-12-9-13-17-33/h8-23,25,29-30,37,39-42,47,52H,24,26-28H2,1-7H3,(H,48,53)(H,49,54)(H,50,55)(H,51,56)/t37-,39-,40-,41+,42+/m0/s1. The third kappa shape index (κ3) is 14.0. The Morgan fingerprint density at radius 1 is 0.583 bits per heavy atom. The fourth-order valence-corrected chi connectivity index (χ4v) is 6.46. The first-order chi connectivity index (χ1) is 28.8. The van der Waals surface area contributed by atoms with Crippen LogP contribution in [0, 0.1) is 11.8 Å². The molecule has 0 unspecified atom stereocenters. The van der Waals surface area contributed by atoms with Gasteiger partial charge in [-0.1, -0.05) is 100 Å². The molecule has 0 heterocycles. The van der Waals surface area contributed by atoms with Gasteiger partial charge in [-0.25, -0.2) is 4.79 Å². The summed E-state index contributed by atoms with van der Waals surface area (Å²) in [5.74, 6) is -0.652. The predicted molar refractivity (Wildman–Crippen MR) is 228 cm³/mol. The molecule has 0 fully saturated rings. The molecule has 5 atom stereocenters. The summed E-state index contributed by atoms with van der Waals surface area (Å²) < 4.78 is 21.5. The number of benzene rings is 4. The molecule has 0 aliphatic rings. The van der Waals surface area contributed by atoms with Crippen LogP contribution in [-0.4, -0.2) is 80.5 Å². The Morgan fingerprint density at radius 3 is 1.73 bits per heavy atom. The number of aliphatic hydroxyl groups is 1. The van der Waals surface area contributed by atoms with E-state index in [-0.39, 0.29) is 38.0 Å². The normalized spacial score (nSPS) is 13.6. The number of hydrogen-bond donors (Lipinski definition) is 6. The van der Waals surface area contributed by atoms with Crippen molar-refractivity contribution in [1.82, 2.24) is 26.6 Å². The molecule has 4 aromatic carbocycles. The van der Waals surface area contributed by atoms with Crippen LogP contribution < -0.4 is 40.8 Å². The number of hydrogen-bond acceptors (Lipinski definition) is 10. The minimum atomic E-state index is -1.54. The Kier molecular flexibility index (Phi) is 18.2. The van der Waals surface area contributed by atoms with Gasteiger partial charge in [0.15, 0.2) is 0 Å². The lowest BCUT2D eigenvalue weighted by molar-refractivity contribution is -0.134. The molecule has 4 amide bonds. The summed E-state index contributed by atoms with van der Waals surface area (Å²) in [5.41, 5.74) is 3.05. The molecule has 322 valence electrons. The van der Waals surface area contributed by atoms with E-state index in [1.165, 1.54) is 7.11 Å². The summed E-state index contributed by atoms with van der Waals surface area (Å²) in [6.07, 6.45) is -2.19. The SMILES string of the molecule is COc1ccc(CN[C@@H](C(=O)N[C@H](C(=O)NCc2ccc(OC)cc2OC)C(C)C)[C@H](O)[C@H](Cc2ccccc2)NC(=O)[C@@H](NC(=O)OCc2ccccc2)C(C)C)cc1. The molecule has 0 aromatic heterocycles. The van der Waals surface area contributed by atoms with Crippen LogP contribution in [0.1, 0.15) is 49.9 Å². The van der Waals surface area contributed by atoms with Crippen LogP contribution in [-0.2, 0) is 45.2 Å². The van der Waals surface area contributed by atoms with Gasteiger partial charge in [0.1, 0.15) is 42.0 Å². The molecular formula is C46H59N5O9. The topological polar surface area (TPSA) is 186 Å². The summed E-state index contributed by atoms with van der Waals surface area (Å²) in [4.78, 5) is 55.2. The van der Waals surface area contributed by atoms with Crippen LogP contribution in [0.2, 0.25) is 0 Å². The maximum absolute atomic E-state index is 14.4. The van der Waals surface area contributed by atoms with Crippen molar-refractivity contribution in [2.24, 2.45) is 11.8 Å². The molecule has 0 radical (unpaired) electrons. The lowest BCUT2D eigenvalue weighted by Gasteiger charge is -2.33. The molecule has 4 aromatic rings. The van der Waals surface area contributed by atoms with Crippen LogP contribution in [0.5, 0.6) is 17.2 Å². The third-order valence-corrected chi connectivity index (χ3v) is 9.98. The molecule has 14 heteroatoms. The second-order valence-electron chi connectivity index (χ2n) is 15.1. The van der Waals surface area contributed by atoms with Crippen LogP contribution in [0.4, 0.5) is 4.79 Å². The van der Waals surface area contributed by atoms with E-state index in [2.05, 4.69) is 26.6 Å². The highest BCUT2D eigenvalue weighted by atomic mass is 16.5. The number of carbonyl (C=O) groups is 4. The van der Waals surface area contributed by atoms with Gasteiger partial charge in [-0.3, -0.25) is 19.7 Å². The number of alkyl carbamates (subject to hydrolysis) is 1. The van der Waals surface area contributed by atoms with Crippen molar-refractivity contribution in [1.29, 1.82) is 0 Å². The van der Waals surface area contributed by atoms with Crippen molar-refractivity contribution in [3.63, 3.8) is 0 Å². The number of rotatable bonds is 22. The van der Waals surface area contributed by atoms with Crippen LogP contribution in [0.15, 0.2) is 103 Å². The zero-order chi connectivity index (χ0) is 43.6. The first-order valence-corrected chi connectivity index (χ1v) is 20.0. The fourth-order valence-electron chi connectivity index (χ4n) is 6.46. The molecule has 0 aliphatic heterocycles. The predicted octanol–water partition coefficient (Wildman–Crippen LogP) is 4.67. The Morgan fingerprint density at radius 2 is 1.15 bits per heavy atom. The van der Waals surface area contributed by atoms with Crippen LogP contribution in [0.3, 0.4) is 0 Å². The molecule has 0 spiro atoms. The number of methoxy groups -OCH3 is 3. The Hall–Kier alpha value is -6.12. The van der Waals surface area contributed by atoms with Crippen molar-refractivity contribution in [2.75, 3.05) is 21.3 Å². The molecule has 4 rings (SSSR count). The first kappa shape index (κ1) is 46.6. The average molecular weight is 826 g/mol. The Labute approximate surface area is 352 Å². The first-order valence-electron chi connectivity index (χ1n) is 20.0. The van der Waals surface area contributed by atoms with Crippen molar-refractivity contribution in [2.45, 2.75) is 84.1 Å². The van der Waals surface area contributed by atoms with Crippen molar-refractivity contribution in [3.05, 3.63) is 125 Å². The van der Waals surface area contributed by atoms with Gasteiger partial charge in [0.05, 0.1) is 33.5 Å². The molecule has 0 bridgehead atoms. The zero-order valence-electron chi connectivity index (χ0n) is 35.4. The van der Waals surface area contributed by atoms with E-state index in [9.17, 15) is 24.3 Å². The van der Waals surface area contributed by atoms with Crippen molar-refractivity contribution >= 4 is 23.8 Å². The van der Waals surface area contributed by atoms with Gasteiger partial charge in [-0.15, -0.1) is 0 Å². The summed E-state index contributed by atoms with van der Waals surface area (Å²) in [7, 11) is 4.63. The molecule has 60 heavy (non-hydrogen) atoms. The number of aliphatic hydroxyl groups excluding tert-OH is 1. The number of carbonyl (C=O) groups excluding carboxylic acids is 4. The van der Waals surface area contributed by atoms with Gasteiger partial charge in [0.25, 0.3) is 0 Å². The van der Waals surface area contributed by atoms with Gasteiger partial charge >= 0.3 is 6.09 Å². The van der Waals surface area contributed by atoms with E-state index in [4.69, 9.17) is 18.9 Å². The average Bonchev–Trinajstić information content (AvgIpc) is 3.26. The van der Waals surface area contributed by atoms with Crippen LogP contribution in [0.25, 0.3) is 0 Å². The summed E-state index contributed by atoms with van der Waals surface area (Å²) in [6, 6.07) is 26.4. The van der Waals surface area contributed by atoms with E-state index in [0.29, 0.717) is 22.8 Å². The summed E-state index contributed by atoms with van der Waals surface area (Å²) in [6.45, 7) is 7.43. The van der Waals surface area contributed by atoms with Gasteiger partial charge in [-0.05, 0) is 59.2 Å². The second-order valence-corrected chi connectivity index (χ2v) is 15.1. The monoisotopic (exact) mass is 825 g/mol. The molecule has 0 aliphatic carbocycles. The van der Waals surface area contributed by atoms with Crippen molar-refractivity contribution < 1.29 is 43.2 Å². The van der Waals surface area contributed by atoms with Gasteiger partial charge in [-0.2, -0.15) is 0 Å². The van der Waals surface area contributed by atoms with E-state index in [1.807, 2.05) is 72.8 Å². The molecular weight excluding hydrogens is 767 g/mol. The Balaban J connectivity index is 1.59. The second kappa shape index (κ2) is 23.5. The molecule has 0 saturated heterocycles. The summed E-state index contributed by atoms with van der Waals surface area (Å²) >= 11 is 0. The lowest BCUT2D eigenvalue weighted by atomic mass is 9.93. The third-order valence-electron chi connectivity index (χ3n) is 9.98. The van der Waals surface area contributed by atoms with Gasteiger partial charge in [0, 0.05) is 24.7 Å². The minimum absolute atomic E-state index is 0.0101. The van der Waals surface area contributed by atoms with Gasteiger partial charge < -0.3 is 45.3 Å². The minimum Gasteiger partial charge on any atom is -0.497 e. The van der Waals surface area contributed by atoms with E-state index < -0.39 is 54.1 Å². The molecule has 0 saturated carbocycles. The Bertz CT molecular complexity index is 1960. The highest BCUT2D eigenvalue weighted by molar-refractivity contribution is 5.91. The molecule has 14 nitrogen and oxygen atoms in total.